The largest absolute Gasteiger partial charge is 0.395 e. The molecule has 1 aliphatic heterocycles. The zero-order valence-electron chi connectivity index (χ0n) is 9.15. The summed E-state index contributed by atoms with van der Waals surface area (Å²) in [4.78, 5) is 2.28. The molecule has 2 N–H and O–H groups in total. The summed E-state index contributed by atoms with van der Waals surface area (Å²) < 4.78 is 25.0. The van der Waals surface area contributed by atoms with E-state index in [-0.39, 0.29) is 18.4 Å². The molecule has 0 radical (unpaired) electrons. The minimum absolute atomic E-state index is 0.209. The van der Waals surface area contributed by atoms with Crippen molar-refractivity contribution >= 4 is 10.0 Å². The van der Waals surface area contributed by atoms with Gasteiger partial charge in [0.1, 0.15) is 0 Å². The van der Waals surface area contributed by atoms with Crippen molar-refractivity contribution in [3.8, 4) is 0 Å². The van der Waals surface area contributed by atoms with Gasteiger partial charge < -0.3 is 5.11 Å². The van der Waals surface area contributed by atoms with E-state index in [1.54, 1.807) is 0 Å². The summed E-state index contributed by atoms with van der Waals surface area (Å²) in [5.41, 5.74) is 0. The van der Waals surface area contributed by atoms with Crippen LogP contribution in [0.1, 0.15) is 19.8 Å². The monoisotopic (exact) mass is 236 g/mol. The molecule has 6 heteroatoms. The molecule has 1 fully saturated rings. The van der Waals surface area contributed by atoms with Gasteiger partial charge in [-0.2, -0.15) is 0 Å². The summed E-state index contributed by atoms with van der Waals surface area (Å²) in [5.74, 6) is -0.209. The van der Waals surface area contributed by atoms with E-state index in [0.29, 0.717) is 6.54 Å². The molecule has 1 heterocycles. The maximum atomic E-state index is 11.3. The van der Waals surface area contributed by atoms with Crippen LogP contribution in [0.2, 0.25) is 0 Å². The van der Waals surface area contributed by atoms with Gasteiger partial charge in [0.25, 0.3) is 0 Å². The van der Waals surface area contributed by atoms with E-state index in [9.17, 15) is 8.42 Å². The number of hydrogen-bond donors (Lipinski definition) is 2. The summed E-state index contributed by atoms with van der Waals surface area (Å²) in [6.45, 7) is 4.24. The Hall–Kier alpha value is -0.170. The first-order chi connectivity index (χ1) is 7.05. The van der Waals surface area contributed by atoms with Gasteiger partial charge in [-0.05, 0) is 32.9 Å². The minimum Gasteiger partial charge on any atom is -0.395 e. The molecule has 1 aliphatic rings. The molecule has 15 heavy (non-hydrogen) atoms. The van der Waals surface area contributed by atoms with E-state index in [4.69, 9.17) is 5.11 Å². The minimum atomic E-state index is -3.28. The van der Waals surface area contributed by atoms with Crippen LogP contribution in [-0.4, -0.2) is 56.5 Å². The number of rotatable bonds is 6. The molecule has 0 aromatic rings. The summed E-state index contributed by atoms with van der Waals surface area (Å²) in [6, 6.07) is 0.237. The van der Waals surface area contributed by atoms with E-state index in [2.05, 4.69) is 9.62 Å². The maximum absolute atomic E-state index is 11.3. The van der Waals surface area contributed by atoms with E-state index < -0.39 is 10.0 Å². The lowest BCUT2D eigenvalue weighted by Gasteiger charge is -2.23. The molecule has 0 aliphatic carbocycles. The summed E-state index contributed by atoms with van der Waals surface area (Å²) in [7, 11) is -3.28. The lowest BCUT2D eigenvalue weighted by molar-refractivity contribution is 0.259. The van der Waals surface area contributed by atoms with Crippen molar-refractivity contribution in [3.05, 3.63) is 0 Å². The van der Waals surface area contributed by atoms with Crippen molar-refractivity contribution in [3.63, 3.8) is 0 Å². The van der Waals surface area contributed by atoms with Crippen LogP contribution in [0, 0.1) is 0 Å². The number of nitrogens with zero attached hydrogens (tertiary/aromatic N) is 1. The number of aliphatic hydroxyl groups is 1. The fourth-order valence-electron chi connectivity index (χ4n) is 1.75. The third kappa shape index (κ3) is 4.46. The Kier molecular flexibility index (Phi) is 4.98. The van der Waals surface area contributed by atoms with Crippen LogP contribution >= 0.6 is 0 Å². The highest BCUT2D eigenvalue weighted by atomic mass is 32.2. The first-order valence-corrected chi connectivity index (χ1v) is 7.02. The van der Waals surface area contributed by atoms with Crippen LogP contribution in [0.4, 0.5) is 0 Å². The molecule has 0 aromatic heterocycles. The molecule has 90 valence electrons. The van der Waals surface area contributed by atoms with E-state index in [0.717, 1.165) is 13.1 Å². The van der Waals surface area contributed by atoms with Crippen molar-refractivity contribution in [2.45, 2.75) is 25.8 Å². The Morgan fingerprint density at radius 1 is 1.40 bits per heavy atom. The van der Waals surface area contributed by atoms with Crippen LogP contribution in [0.15, 0.2) is 0 Å². The third-order valence-corrected chi connectivity index (χ3v) is 4.05. The Balaban J connectivity index is 2.29. The Morgan fingerprint density at radius 3 is 2.53 bits per heavy atom. The van der Waals surface area contributed by atoms with Crippen LogP contribution < -0.4 is 4.72 Å². The number of hydrogen-bond acceptors (Lipinski definition) is 4. The SMILES string of the molecule is CC(CNS(=O)(=O)CCO)N1CCCC1. The lowest BCUT2D eigenvalue weighted by atomic mass is 10.3. The van der Waals surface area contributed by atoms with Crippen molar-refractivity contribution in [2.24, 2.45) is 0 Å². The smallest absolute Gasteiger partial charge is 0.213 e. The lowest BCUT2D eigenvalue weighted by Crippen LogP contribution is -2.41. The van der Waals surface area contributed by atoms with Gasteiger partial charge in [-0.1, -0.05) is 0 Å². The van der Waals surface area contributed by atoms with Gasteiger partial charge in [0.15, 0.2) is 0 Å². The van der Waals surface area contributed by atoms with Crippen molar-refractivity contribution in [1.82, 2.24) is 9.62 Å². The quantitative estimate of drug-likeness (QED) is 0.645. The highest BCUT2D eigenvalue weighted by molar-refractivity contribution is 7.89. The van der Waals surface area contributed by atoms with Crippen LogP contribution in [0.25, 0.3) is 0 Å². The second-order valence-electron chi connectivity index (χ2n) is 3.98. The topological polar surface area (TPSA) is 69.6 Å². The van der Waals surface area contributed by atoms with Crippen LogP contribution in [0.3, 0.4) is 0 Å². The molecule has 1 rings (SSSR count). The Labute approximate surface area is 91.5 Å². The van der Waals surface area contributed by atoms with Gasteiger partial charge in [-0.15, -0.1) is 0 Å². The van der Waals surface area contributed by atoms with Gasteiger partial charge in [0, 0.05) is 12.6 Å². The fraction of sp³-hybridized carbons (Fsp3) is 1.00. The van der Waals surface area contributed by atoms with Crippen LogP contribution in [0.5, 0.6) is 0 Å². The number of sulfonamides is 1. The summed E-state index contributed by atoms with van der Waals surface area (Å²) in [5, 5.41) is 8.55. The molecule has 1 saturated heterocycles. The molecule has 0 aromatic carbocycles. The van der Waals surface area contributed by atoms with Crippen molar-refractivity contribution in [1.29, 1.82) is 0 Å². The number of aliphatic hydroxyl groups excluding tert-OH is 1. The van der Waals surface area contributed by atoms with E-state index >= 15 is 0 Å². The standard InChI is InChI=1S/C9H20N2O3S/c1-9(11-4-2-3-5-11)8-10-15(13,14)7-6-12/h9-10,12H,2-8H2,1H3. The molecule has 0 saturated carbocycles. The van der Waals surface area contributed by atoms with Crippen molar-refractivity contribution < 1.29 is 13.5 Å². The zero-order valence-corrected chi connectivity index (χ0v) is 9.96. The second kappa shape index (κ2) is 5.79. The first kappa shape index (κ1) is 12.9. The first-order valence-electron chi connectivity index (χ1n) is 5.37. The van der Waals surface area contributed by atoms with Gasteiger partial charge in [0.05, 0.1) is 12.4 Å². The Bertz CT molecular complexity index is 273. The summed E-state index contributed by atoms with van der Waals surface area (Å²) >= 11 is 0. The molecular weight excluding hydrogens is 216 g/mol. The predicted octanol–water partition coefficient (Wildman–Crippen LogP) is -0.618. The van der Waals surface area contributed by atoms with E-state index in [1.807, 2.05) is 6.92 Å². The number of nitrogens with one attached hydrogen (secondary N) is 1. The van der Waals surface area contributed by atoms with Gasteiger partial charge in [-0.3, -0.25) is 4.90 Å². The molecular formula is C9H20N2O3S. The average molecular weight is 236 g/mol. The van der Waals surface area contributed by atoms with Crippen molar-refractivity contribution in [2.75, 3.05) is 32.0 Å². The zero-order chi connectivity index (χ0) is 11.3. The van der Waals surface area contributed by atoms with Crippen LogP contribution in [-0.2, 0) is 10.0 Å². The normalized spacial score (nSPS) is 20.7. The molecule has 0 bridgehead atoms. The second-order valence-corrected chi connectivity index (χ2v) is 5.91. The molecule has 0 amide bonds. The average Bonchev–Trinajstić information content (AvgIpc) is 2.67. The molecule has 1 unspecified atom stereocenters. The van der Waals surface area contributed by atoms with Gasteiger partial charge in [-0.25, -0.2) is 13.1 Å². The number of likely N-dealkylation sites (tertiary alicyclic amines) is 1. The fourth-order valence-corrected chi connectivity index (χ4v) is 2.63. The molecule has 1 atom stereocenters. The Morgan fingerprint density at radius 2 is 2.00 bits per heavy atom. The highest BCUT2D eigenvalue weighted by Gasteiger charge is 2.19. The predicted molar refractivity (Wildman–Crippen MR) is 59.1 cm³/mol. The summed E-state index contributed by atoms with van der Waals surface area (Å²) in [6.07, 6.45) is 2.40. The van der Waals surface area contributed by atoms with Gasteiger partial charge in [0.2, 0.25) is 10.0 Å². The van der Waals surface area contributed by atoms with E-state index in [1.165, 1.54) is 12.8 Å². The molecule has 5 nitrogen and oxygen atoms in total. The molecule has 0 spiro atoms. The third-order valence-electron chi connectivity index (χ3n) is 2.72. The maximum Gasteiger partial charge on any atom is 0.213 e. The van der Waals surface area contributed by atoms with Gasteiger partial charge >= 0.3 is 0 Å². The highest BCUT2D eigenvalue weighted by Crippen LogP contribution is 2.10.